The van der Waals surface area contributed by atoms with Crippen molar-refractivity contribution in [3.63, 3.8) is 0 Å². The molecule has 0 aromatic rings. The van der Waals surface area contributed by atoms with Crippen LogP contribution in [0.1, 0.15) is 6.92 Å². The van der Waals surface area contributed by atoms with E-state index in [-0.39, 0.29) is 0 Å². The summed E-state index contributed by atoms with van der Waals surface area (Å²) in [5.41, 5.74) is 0. The molecule has 1 atom stereocenters. The second-order valence-electron chi connectivity index (χ2n) is 1.34. The molecule has 0 rings (SSSR count). The van der Waals surface area contributed by atoms with Gasteiger partial charge in [0.1, 0.15) is 0 Å². The third kappa shape index (κ3) is 5.84. The Morgan fingerprint density at radius 1 is 1.62 bits per heavy atom. The van der Waals surface area contributed by atoms with Gasteiger partial charge in [0.15, 0.2) is 0 Å². The Bertz CT molecular complexity index is 148. The molecule has 1 unspecified atom stereocenters. The highest BCUT2D eigenvalue weighted by molar-refractivity contribution is 7.86. The van der Waals surface area contributed by atoms with Crippen molar-refractivity contribution < 1.29 is 17.0 Å². The number of hydrogen-bond acceptors (Lipinski definition) is 3. The molecule has 8 heavy (non-hydrogen) atoms. The Morgan fingerprint density at radius 2 is 2.00 bits per heavy atom. The molecule has 0 amide bonds. The molecule has 0 fully saturated rings. The number of halogens is 1. The third-order valence-corrected chi connectivity index (χ3v) is 0.922. The predicted octanol–water partition coefficient (Wildman–Crippen LogP) is 0.278. The third-order valence-electron chi connectivity index (χ3n) is 0.307. The first-order valence-electron chi connectivity index (χ1n) is 1.94. The summed E-state index contributed by atoms with van der Waals surface area (Å²) >= 11 is 0. The van der Waals surface area contributed by atoms with Crippen molar-refractivity contribution in [2.45, 2.75) is 13.3 Å². The Kier molecular flexibility index (Phi) is 2.36. The first kappa shape index (κ1) is 7.84. The van der Waals surface area contributed by atoms with E-state index in [1.54, 1.807) is 0 Å². The smallest absolute Gasteiger partial charge is 0.234 e. The molecule has 0 aromatic carbocycles. The topological polar surface area (TPSA) is 43.4 Å². The Balaban J connectivity index is 3.75. The maximum Gasteiger partial charge on any atom is 0.267 e. The van der Waals surface area contributed by atoms with E-state index in [4.69, 9.17) is 0 Å². The Labute approximate surface area is 47.6 Å². The molecule has 3 nitrogen and oxygen atoms in total. The lowest BCUT2D eigenvalue weighted by molar-refractivity contribution is 0.0946. The van der Waals surface area contributed by atoms with E-state index in [9.17, 15) is 12.8 Å². The largest absolute Gasteiger partial charge is 0.267 e. The second kappa shape index (κ2) is 2.41. The fraction of sp³-hybridized carbons (Fsp3) is 1.00. The van der Waals surface area contributed by atoms with Gasteiger partial charge in [0.25, 0.3) is 10.1 Å². The fourth-order valence-corrected chi connectivity index (χ4v) is 0.723. The van der Waals surface area contributed by atoms with Gasteiger partial charge in [-0.2, -0.15) is 8.42 Å². The molecule has 0 saturated carbocycles. The predicted molar refractivity (Wildman–Crippen MR) is 26.5 cm³/mol. The van der Waals surface area contributed by atoms with Crippen LogP contribution in [-0.2, 0) is 14.3 Å². The highest BCUT2D eigenvalue weighted by Gasteiger charge is 2.06. The molecular formula is C3H7FO3S. The maximum absolute atomic E-state index is 11.6. The Morgan fingerprint density at radius 3 is 2.00 bits per heavy atom. The van der Waals surface area contributed by atoms with Gasteiger partial charge in [-0.05, 0) is 6.92 Å². The molecule has 50 valence electrons. The van der Waals surface area contributed by atoms with E-state index in [1.165, 1.54) is 0 Å². The minimum atomic E-state index is -3.60. The molecule has 0 radical (unpaired) electrons. The molecule has 0 aliphatic rings. The summed E-state index contributed by atoms with van der Waals surface area (Å²) in [4.78, 5) is 0. The zero-order valence-corrected chi connectivity index (χ0v) is 5.40. The van der Waals surface area contributed by atoms with E-state index in [1.807, 2.05) is 0 Å². The summed E-state index contributed by atoms with van der Waals surface area (Å²) in [5.74, 6) is 0. The van der Waals surface area contributed by atoms with Crippen molar-refractivity contribution in [3.8, 4) is 0 Å². The maximum atomic E-state index is 11.6. The van der Waals surface area contributed by atoms with Crippen LogP contribution in [-0.4, -0.2) is 21.0 Å². The molecule has 0 saturated heterocycles. The van der Waals surface area contributed by atoms with E-state index < -0.39 is 16.5 Å². The zero-order chi connectivity index (χ0) is 6.78. The van der Waals surface area contributed by atoms with Crippen LogP contribution in [0.4, 0.5) is 4.39 Å². The number of rotatable bonds is 2. The lowest BCUT2D eigenvalue weighted by Crippen LogP contribution is -2.08. The van der Waals surface area contributed by atoms with E-state index in [0.29, 0.717) is 0 Å². The van der Waals surface area contributed by atoms with Crippen molar-refractivity contribution in [1.29, 1.82) is 0 Å². The van der Waals surface area contributed by atoms with Crippen LogP contribution in [0, 0.1) is 0 Å². The molecular weight excluding hydrogens is 135 g/mol. The minimum absolute atomic E-state index is 0.795. The van der Waals surface area contributed by atoms with Crippen molar-refractivity contribution in [3.05, 3.63) is 0 Å². The molecule has 0 aliphatic carbocycles. The van der Waals surface area contributed by atoms with Gasteiger partial charge < -0.3 is 0 Å². The van der Waals surface area contributed by atoms with Gasteiger partial charge in [-0.1, -0.05) is 0 Å². The van der Waals surface area contributed by atoms with Crippen LogP contribution in [0.15, 0.2) is 0 Å². The van der Waals surface area contributed by atoms with E-state index >= 15 is 0 Å². The van der Waals surface area contributed by atoms with Gasteiger partial charge in [-0.3, -0.25) is 0 Å². The monoisotopic (exact) mass is 142 g/mol. The van der Waals surface area contributed by atoms with Crippen molar-refractivity contribution in [2.24, 2.45) is 0 Å². The molecule has 5 heteroatoms. The molecule has 0 aromatic heterocycles. The molecule has 0 N–H and O–H groups in total. The first-order chi connectivity index (χ1) is 3.42. The first-order valence-corrected chi connectivity index (χ1v) is 3.76. The van der Waals surface area contributed by atoms with E-state index in [0.717, 1.165) is 13.2 Å². The fourth-order valence-electron chi connectivity index (χ4n) is 0.241. The SMILES string of the molecule is CC(F)OS(C)(=O)=O. The summed E-state index contributed by atoms with van der Waals surface area (Å²) in [7, 11) is -3.60. The summed E-state index contributed by atoms with van der Waals surface area (Å²) in [6.45, 7) is 1.00. The summed E-state index contributed by atoms with van der Waals surface area (Å²) in [6.07, 6.45) is -0.951. The Hall–Kier alpha value is -0.160. The highest BCUT2D eigenvalue weighted by Crippen LogP contribution is 1.95. The van der Waals surface area contributed by atoms with Crippen LogP contribution in [0.5, 0.6) is 0 Å². The normalized spacial score (nSPS) is 15.9. The van der Waals surface area contributed by atoms with Crippen LogP contribution in [0.25, 0.3) is 0 Å². The van der Waals surface area contributed by atoms with Gasteiger partial charge in [0, 0.05) is 0 Å². The van der Waals surface area contributed by atoms with Crippen molar-refractivity contribution >= 4 is 10.1 Å². The van der Waals surface area contributed by atoms with Crippen LogP contribution in [0.2, 0.25) is 0 Å². The van der Waals surface area contributed by atoms with Gasteiger partial charge in [0.2, 0.25) is 6.36 Å². The molecule has 0 bridgehead atoms. The van der Waals surface area contributed by atoms with E-state index in [2.05, 4.69) is 4.18 Å². The zero-order valence-electron chi connectivity index (χ0n) is 4.59. The van der Waals surface area contributed by atoms with Crippen LogP contribution in [0.3, 0.4) is 0 Å². The van der Waals surface area contributed by atoms with Gasteiger partial charge >= 0.3 is 0 Å². The molecule has 0 spiro atoms. The minimum Gasteiger partial charge on any atom is -0.234 e. The average Bonchev–Trinajstić information content (AvgIpc) is 1.21. The quantitative estimate of drug-likeness (QED) is 0.520. The summed E-state index contributed by atoms with van der Waals surface area (Å²) in [6, 6.07) is 0. The summed E-state index contributed by atoms with van der Waals surface area (Å²) < 4.78 is 35.3. The van der Waals surface area contributed by atoms with Crippen molar-refractivity contribution in [2.75, 3.05) is 6.26 Å². The average molecular weight is 142 g/mol. The van der Waals surface area contributed by atoms with Crippen LogP contribution < -0.4 is 0 Å². The number of alkyl halides is 1. The highest BCUT2D eigenvalue weighted by atomic mass is 32.2. The summed E-state index contributed by atoms with van der Waals surface area (Å²) in [5, 5.41) is 0. The van der Waals surface area contributed by atoms with Crippen molar-refractivity contribution in [1.82, 2.24) is 0 Å². The number of hydrogen-bond donors (Lipinski definition) is 0. The standard InChI is InChI=1S/C3H7FO3S/c1-3(4)7-8(2,5)6/h3H,1-2H3. The lowest BCUT2D eigenvalue weighted by Gasteiger charge is -1.97. The van der Waals surface area contributed by atoms with Gasteiger partial charge in [0.05, 0.1) is 6.26 Å². The second-order valence-corrected chi connectivity index (χ2v) is 2.94. The van der Waals surface area contributed by atoms with Gasteiger partial charge in [-0.15, -0.1) is 0 Å². The lowest BCUT2D eigenvalue weighted by atomic mass is 10.8. The van der Waals surface area contributed by atoms with Gasteiger partial charge in [-0.25, -0.2) is 8.57 Å². The van der Waals surface area contributed by atoms with Crippen LogP contribution >= 0.6 is 0 Å². The molecule has 0 aliphatic heterocycles. The molecule has 0 heterocycles.